The fourth-order valence-electron chi connectivity index (χ4n) is 2.59. The van der Waals surface area contributed by atoms with Gasteiger partial charge >= 0.3 is 12.1 Å². The third-order valence-electron chi connectivity index (χ3n) is 3.84. The van der Waals surface area contributed by atoms with E-state index in [0.29, 0.717) is 11.4 Å². The molecule has 1 aromatic heterocycles. The lowest BCUT2D eigenvalue weighted by atomic mass is 10.0. The summed E-state index contributed by atoms with van der Waals surface area (Å²) in [6, 6.07) is 8.03. The van der Waals surface area contributed by atoms with Crippen LogP contribution in [0.2, 0.25) is 0 Å². The molecule has 2 N–H and O–H groups in total. The van der Waals surface area contributed by atoms with Crippen molar-refractivity contribution in [1.82, 2.24) is 14.6 Å². The predicted octanol–water partition coefficient (Wildman–Crippen LogP) is 2.75. The lowest BCUT2D eigenvalue weighted by Crippen LogP contribution is -2.46. The SMILES string of the molecule is CC(C)CC(C(=O)O)N(CCc1cncn1Oc1ccccc1)C(=O)O. The van der Waals surface area contributed by atoms with Gasteiger partial charge in [-0.2, -0.15) is 4.73 Å². The van der Waals surface area contributed by atoms with Gasteiger partial charge in [-0.15, -0.1) is 0 Å². The number of carbonyl (C=O) groups is 2. The van der Waals surface area contributed by atoms with Crippen LogP contribution in [0.1, 0.15) is 26.0 Å². The number of aromatic nitrogens is 2. The molecule has 1 amide bonds. The van der Waals surface area contributed by atoms with Gasteiger partial charge in [0, 0.05) is 13.0 Å². The molecule has 0 aliphatic rings. The number of hydrogen-bond donors (Lipinski definition) is 2. The van der Waals surface area contributed by atoms with Crippen LogP contribution >= 0.6 is 0 Å². The number of amides is 1. The molecule has 1 unspecified atom stereocenters. The van der Waals surface area contributed by atoms with E-state index >= 15 is 0 Å². The van der Waals surface area contributed by atoms with Gasteiger partial charge in [0.15, 0.2) is 5.75 Å². The number of benzene rings is 1. The molecular weight excluding hydrogens is 338 g/mol. The average molecular weight is 361 g/mol. The predicted molar refractivity (Wildman–Crippen MR) is 94.0 cm³/mol. The number of carboxylic acid groups (broad SMARTS) is 2. The smallest absolute Gasteiger partial charge is 0.408 e. The summed E-state index contributed by atoms with van der Waals surface area (Å²) in [6.45, 7) is 3.75. The minimum atomic E-state index is -1.26. The zero-order valence-corrected chi connectivity index (χ0v) is 14.8. The van der Waals surface area contributed by atoms with E-state index < -0.39 is 18.1 Å². The Balaban J connectivity index is 2.09. The summed E-state index contributed by atoms with van der Waals surface area (Å²) in [5.74, 6) is -0.468. The Morgan fingerprint density at radius 2 is 1.92 bits per heavy atom. The van der Waals surface area contributed by atoms with Gasteiger partial charge in [-0.05, 0) is 24.5 Å². The third kappa shape index (κ3) is 5.23. The second-order valence-electron chi connectivity index (χ2n) is 6.32. The summed E-state index contributed by atoms with van der Waals surface area (Å²) in [6.07, 6.45) is 2.33. The highest BCUT2D eigenvalue weighted by molar-refractivity contribution is 5.79. The highest BCUT2D eigenvalue weighted by Crippen LogP contribution is 2.15. The highest BCUT2D eigenvalue weighted by atomic mass is 16.7. The first-order valence-electron chi connectivity index (χ1n) is 8.35. The van der Waals surface area contributed by atoms with E-state index in [2.05, 4.69) is 4.98 Å². The van der Waals surface area contributed by atoms with Crippen LogP contribution < -0.4 is 4.84 Å². The quantitative estimate of drug-likeness (QED) is 0.711. The molecule has 1 heterocycles. The Bertz CT molecular complexity index is 729. The van der Waals surface area contributed by atoms with E-state index in [1.165, 1.54) is 11.1 Å². The van der Waals surface area contributed by atoms with Gasteiger partial charge in [0.2, 0.25) is 0 Å². The summed E-state index contributed by atoms with van der Waals surface area (Å²) >= 11 is 0. The van der Waals surface area contributed by atoms with Crippen molar-refractivity contribution in [2.45, 2.75) is 32.7 Å². The Hall–Kier alpha value is -3.03. The van der Waals surface area contributed by atoms with Gasteiger partial charge in [-0.25, -0.2) is 14.6 Å². The van der Waals surface area contributed by atoms with Crippen molar-refractivity contribution in [3.63, 3.8) is 0 Å². The molecule has 8 heteroatoms. The molecule has 0 aliphatic heterocycles. The van der Waals surface area contributed by atoms with Crippen molar-refractivity contribution >= 4 is 12.1 Å². The number of nitrogens with zero attached hydrogens (tertiary/aromatic N) is 3. The standard InChI is InChI=1S/C18H23N3O5/c1-13(2)10-16(17(22)23)20(18(24)25)9-8-14-11-19-12-21(14)26-15-6-4-3-5-7-15/h3-7,11-13,16H,8-10H2,1-2H3,(H,22,23)(H,24,25). The van der Waals surface area contributed by atoms with Crippen molar-refractivity contribution in [1.29, 1.82) is 0 Å². The molecule has 140 valence electrons. The van der Waals surface area contributed by atoms with Gasteiger partial charge in [0.05, 0.1) is 11.9 Å². The van der Waals surface area contributed by atoms with Gasteiger partial charge in [-0.3, -0.25) is 4.90 Å². The topological polar surface area (TPSA) is 105 Å². The molecule has 26 heavy (non-hydrogen) atoms. The zero-order valence-electron chi connectivity index (χ0n) is 14.8. The second kappa shape index (κ2) is 8.89. The van der Waals surface area contributed by atoms with Crippen molar-refractivity contribution < 1.29 is 24.6 Å². The van der Waals surface area contributed by atoms with Crippen LogP contribution in [0.4, 0.5) is 4.79 Å². The molecule has 0 saturated heterocycles. The number of rotatable bonds is 9. The molecule has 0 bridgehead atoms. The van der Waals surface area contributed by atoms with Gasteiger partial charge in [0.25, 0.3) is 0 Å². The van der Waals surface area contributed by atoms with E-state index in [4.69, 9.17) is 4.84 Å². The summed E-state index contributed by atoms with van der Waals surface area (Å²) in [5.41, 5.74) is 0.647. The molecule has 2 aromatic rings. The lowest BCUT2D eigenvalue weighted by molar-refractivity contribution is -0.143. The van der Waals surface area contributed by atoms with Crippen LogP contribution in [-0.4, -0.2) is 49.5 Å². The van der Waals surface area contributed by atoms with Gasteiger partial charge in [-0.1, -0.05) is 32.0 Å². The Kier molecular flexibility index (Phi) is 6.60. The monoisotopic (exact) mass is 361 g/mol. The zero-order chi connectivity index (χ0) is 19.1. The minimum absolute atomic E-state index is 0.0306. The summed E-state index contributed by atoms with van der Waals surface area (Å²) in [7, 11) is 0. The van der Waals surface area contributed by atoms with E-state index in [1.54, 1.807) is 18.3 Å². The fourth-order valence-corrected chi connectivity index (χ4v) is 2.59. The first-order valence-corrected chi connectivity index (χ1v) is 8.35. The maximum Gasteiger partial charge on any atom is 0.408 e. The molecular formula is C18H23N3O5. The largest absolute Gasteiger partial charge is 0.480 e. The van der Waals surface area contributed by atoms with Crippen molar-refractivity contribution in [3.8, 4) is 5.75 Å². The van der Waals surface area contributed by atoms with Crippen molar-refractivity contribution in [2.75, 3.05) is 6.54 Å². The van der Waals surface area contributed by atoms with Crippen molar-refractivity contribution in [3.05, 3.63) is 48.5 Å². The second-order valence-corrected chi connectivity index (χ2v) is 6.32. The summed E-state index contributed by atoms with van der Waals surface area (Å²) < 4.78 is 1.45. The van der Waals surface area contributed by atoms with E-state index in [0.717, 1.165) is 4.90 Å². The molecule has 8 nitrogen and oxygen atoms in total. The maximum absolute atomic E-state index is 11.6. The number of hydrogen-bond acceptors (Lipinski definition) is 4. The Labute approximate surface area is 151 Å². The van der Waals surface area contributed by atoms with Gasteiger partial charge in [0.1, 0.15) is 12.4 Å². The van der Waals surface area contributed by atoms with E-state index in [-0.39, 0.29) is 25.3 Å². The molecule has 0 aliphatic carbocycles. The molecule has 1 aromatic carbocycles. The average Bonchev–Trinajstić information content (AvgIpc) is 3.01. The number of para-hydroxylation sites is 1. The Morgan fingerprint density at radius 1 is 1.23 bits per heavy atom. The fraction of sp³-hybridized carbons (Fsp3) is 0.389. The molecule has 0 fully saturated rings. The molecule has 0 saturated carbocycles. The number of aliphatic carboxylic acids is 1. The third-order valence-corrected chi connectivity index (χ3v) is 3.84. The lowest BCUT2D eigenvalue weighted by Gasteiger charge is -2.27. The molecule has 0 radical (unpaired) electrons. The van der Waals surface area contributed by atoms with Crippen LogP contribution in [0.15, 0.2) is 42.9 Å². The van der Waals surface area contributed by atoms with Crippen LogP contribution in [0.3, 0.4) is 0 Å². The van der Waals surface area contributed by atoms with Gasteiger partial charge < -0.3 is 15.1 Å². The maximum atomic E-state index is 11.6. The summed E-state index contributed by atoms with van der Waals surface area (Å²) in [5, 5.41) is 18.8. The summed E-state index contributed by atoms with van der Waals surface area (Å²) in [4.78, 5) is 33.7. The molecule has 0 spiro atoms. The highest BCUT2D eigenvalue weighted by Gasteiger charge is 2.30. The first-order chi connectivity index (χ1) is 12.4. The minimum Gasteiger partial charge on any atom is -0.480 e. The Morgan fingerprint density at radius 3 is 2.50 bits per heavy atom. The molecule has 1 atom stereocenters. The van der Waals surface area contributed by atoms with Crippen LogP contribution in [0.25, 0.3) is 0 Å². The van der Waals surface area contributed by atoms with Crippen molar-refractivity contribution in [2.24, 2.45) is 5.92 Å². The normalized spacial score (nSPS) is 12.0. The van der Waals surface area contributed by atoms with E-state index in [1.807, 2.05) is 32.0 Å². The van der Waals surface area contributed by atoms with E-state index in [9.17, 15) is 19.8 Å². The molecule has 2 rings (SSSR count). The number of carboxylic acids is 1. The van der Waals surface area contributed by atoms with Crippen LogP contribution in [0.5, 0.6) is 5.75 Å². The number of imidazole rings is 1. The first kappa shape index (κ1) is 19.3. The van der Waals surface area contributed by atoms with Crippen LogP contribution in [-0.2, 0) is 11.2 Å². The van der Waals surface area contributed by atoms with Crippen LogP contribution in [0, 0.1) is 5.92 Å².